The second-order valence-electron chi connectivity index (χ2n) is 5.02. The molecule has 2 aromatic rings. The van der Waals surface area contributed by atoms with E-state index in [9.17, 15) is 4.79 Å². The van der Waals surface area contributed by atoms with Crippen molar-refractivity contribution in [3.05, 3.63) is 77.0 Å². The van der Waals surface area contributed by atoms with E-state index in [0.717, 1.165) is 11.3 Å². The summed E-state index contributed by atoms with van der Waals surface area (Å²) in [6, 6.07) is 18.7. The maximum atomic E-state index is 11.9. The summed E-state index contributed by atoms with van der Waals surface area (Å²) >= 11 is 25.1. The van der Waals surface area contributed by atoms with Gasteiger partial charge in [0.1, 0.15) is 10.5 Å². The van der Waals surface area contributed by atoms with Crippen LogP contribution in [0.5, 0.6) is 0 Å². The van der Waals surface area contributed by atoms with Crippen molar-refractivity contribution in [3.8, 4) is 0 Å². The molecule has 1 unspecified atom stereocenters. The van der Waals surface area contributed by atoms with Gasteiger partial charge in [0.25, 0.3) is 0 Å². The number of Topliss-reactive ketones (excluding diaryl/α,β-unsaturated/α-hetero) is 1. The molecule has 2 nitrogen and oxygen atoms in total. The Balaban J connectivity index is 2.12. The Labute approximate surface area is 154 Å². The normalized spacial score (nSPS) is 17.7. The van der Waals surface area contributed by atoms with Gasteiger partial charge in [0, 0.05) is 5.69 Å². The molecule has 1 aliphatic rings. The zero-order valence-electron chi connectivity index (χ0n) is 11.7. The lowest BCUT2D eigenvalue weighted by Crippen LogP contribution is -2.48. The average molecular weight is 387 g/mol. The Morgan fingerprint density at radius 3 is 1.96 bits per heavy atom. The molecule has 0 saturated heterocycles. The Kier molecular flexibility index (Phi) is 4.61. The van der Waals surface area contributed by atoms with Gasteiger partial charge in [-0.3, -0.25) is 4.79 Å². The molecule has 1 aliphatic carbocycles. The molecule has 0 spiro atoms. The molecular weight excluding hydrogens is 376 g/mol. The van der Waals surface area contributed by atoms with Gasteiger partial charge in [0.05, 0.1) is 5.70 Å². The number of allylic oxidation sites excluding steroid dienone is 2. The molecule has 0 aliphatic heterocycles. The highest BCUT2D eigenvalue weighted by Gasteiger charge is 2.55. The van der Waals surface area contributed by atoms with Crippen molar-refractivity contribution in [2.24, 2.45) is 0 Å². The SMILES string of the molecule is O=C1C(Cl)=C(N(c2ccccc2)C(Cl)c2ccccc2)C1(Cl)Cl. The van der Waals surface area contributed by atoms with Crippen molar-refractivity contribution in [2.45, 2.75) is 9.83 Å². The standard InChI is InChI=1S/C17H11Cl4NO/c18-13-14(17(20,21)15(13)23)22(12-9-5-2-6-10-12)16(19)11-7-3-1-4-8-11/h1-10,16H. The van der Waals surface area contributed by atoms with Gasteiger partial charge < -0.3 is 4.90 Å². The minimum absolute atomic E-state index is 0.000402. The zero-order chi connectivity index (χ0) is 16.6. The highest BCUT2D eigenvalue weighted by Crippen LogP contribution is 2.51. The van der Waals surface area contributed by atoms with Crippen LogP contribution in [-0.4, -0.2) is 10.1 Å². The molecule has 0 heterocycles. The molecule has 2 aromatic carbocycles. The molecule has 1 atom stereocenters. The minimum atomic E-state index is -1.70. The fraction of sp³-hybridized carbons (Fsp3) is 0.118. The molecule has 0 fully saturated rings. The van der Waals surface area contributed by atoms with Crippen LogP contribution >= 0.6 is 46.4 Å². The third-order valence-electron chi connectivity index (χ3n) is 3.57. The van der Waals surface area contributed by atoms with Crippen LogP contribution < -0.4 is 4.90 Å². The molecule has 0 radical (unpaired) electrons. The number of ketones is 1. The Bertz CT molecular complexity index is 759. The van der Waals surface area contributed by atoms with Crippen molar-refractivity contribution in [1.29, 1.82) is 0 Å². The van der Waals surface area contributed by atoms with Crippen LogP contribution in [0.25, 0.3) is 0 Å². The van der Waals surface area contributed by atoms with Gasteiger partial charge in [-0.25, -0.2) is 0 Å². The van der Waals surface area contributed by atoms with Crippen LogP contribution in [0.1, 0.15) is 11.1 Å². The quantitative estimate of drug-likeness (QED) is 0.500. The lowest BCUT2D eigenvalue weighted by atomic mass is 9.99. The maximum Gasteiger partial charge on any atom is 0.222 e. The first-order valence-corrected chi connectivity index (χ1v) is 8.38. The molecule has 6 heteroatoms. The van der Waals surface area contributed by atoms with Crippen molar-refractivity contribution in [3.63, 3.8) is 0 Å². The van der Waals surface area contributed by atoms with E-state index >= 15 is 0 Å². The minimum Gasteiger partial charge on any atom is -0.319 e. The van der Waals surface area contributed by atoms with Crippen molar-refractivity contribution < 1.29 is 4.79 Å². The van der Waals surface area contributed by atoms with Crippen LogP contribution in [0, 0.1) is 0 Å². The number of carbonyl (C=O) groups excluding carboxylic acids is 1. The topological polar surface area (TPSA) is 20.3 Å². The molecular formula is C17H11Cl4NO. The Morgan fingerprint density at radius 2 is 1.43 bits per heavy atom. The van der Waals surface area contributed by atoms with Gasteiger partial charge in [0.15, 0.2) is 0 Å². The highest BCUT2D eigenvalue weighted by atomic mass is 35.5. The maximum absolute atomic E-state index is 11.9. The largest absolute Gasteiger partial charge is 0.319 e. The van der Waals surface area contributed by atoms with Crippen molar-refractivity contribution >= 4 is 57.9 Å². The van der Waals surface area contributed by atoms with Gasteiger partial charge >= 0.3 is 0 Å². The van der Waals surface area contributed by atoms with Gasteiger partial charge in [0.2, 0.25) is 10.1 Å². The van der Waals surface area contributed by atoms with E-state index in [1.807, 2.05) is 60.7 Å². The van der Waals surface area contributed by atoms with E-state index in [4.69, 9.17) is 46.4 Å². The monoisotopic (exact) mass is 385 g/mol. The van der Waals surface area contributed by atoms with Gasteiger partial charge in [-0.2, -0.15) is 0 Å². The van der Waals surface area contributed by atoms with Crippen LogP contribution in [0.4, 0.5) is 5.69 Å². The second kappa shape index (κ2) is 6.37. The number of carbonyl (C=O) groups is 1. The number of para-hydroxylation sites is 1. The third-order valence-corrected chi connectivity index (χ3v) is 5.07. The third kappa shape index (κ3) is 2.85. The van der Waals surface area contributed by atoms with E-state index in [0.29, 0.717) is 5.70 Å². The van der Waals surface area contributed by atoms with Crippen LogP contribution in [0.2, 0.25) is 0 Å². The first-order chi connectivity index (χ1) is 10.9. The fourth-order valence-corrected chi connectivity index (χ4v) is 3.89. The molecule has 3 rings (SSSR count). The number of rotatable bonds is 4. The van der Waals surface area contributed by atoms with Gasteiger partial charge in [-0.15, -0.1) is 0 Å². The first-order valence-electron chi connectivity index (χ1n) is 6.80. The first kappa shape index (κ1) is 16.7. The van der Waals surface area contributed by atoms with Gasteiger partial charge in [-0.1, -0.05) is 94.9 Å². The molecule has 0 amide bonds. The number of halogens is 4. The lowest BCUT2D eigenvalue weighted by Gasteiger charge is -2.42. The predicted octanol–water partition coefficient (Wildman–Crippen LogP) is 5.64. The summed E-state index contributed by atoms with van der Waals surface area (Å²) in [4.78, 5) is 13.5. The number of benzene rings is 2. The number of hydrogen-bond acceptors (Lipinski definition) is 2. The highest BCUT2D eigenvalue weighted by molar-refractivity contribution is 6.70. The molecule has 0 saturated carbocycles. The summed E-state index contributed by atoms with van der Waals surface area (Å²) < 4.78 is -1.70. The van der Waals surface area contributed by atoms with E-state index < -0.39 is 15.6 Å². The van der Waals surface area contributed by atoms with Crippen molar-refractivity contribution in [1.82, 2.24) is 0 Å². The Morgan fingerprint density at radius 1 is 0.913 bits per heavy atom. The summed E-state index contributed by atoms with van der Waals surface area (Å²) in [5.74, 6) is -0.518. The molecule has 23 heavy (non-hydrogen) atoms. The molecule has 0 N–H and O–H groups in total. The van der Waals surface area contributed by atoms with Crippen LogP contribution in [0.15, 0.2) is 71.4 Å². The second-order valence-corrected chi connectivity index (χ2v) is 7.14. The fourth-order valence-electron chi connectivity index (χ4n) is 2.41. The molecule has 0 bridgehead atoms. The van der Waals surface area contributed by atoms with E-state index in [1.165, 1.54) is 0 Å². The lowest BCUT2D eigenvalue weighted by molar-refractivity contribution is -0.116. The summed E-state index contributed by atoms with van der Waals surface area (Å²) in [6.07, 6.45) is 0. The molecule has 0 aromatic heterocycles. The van der Waals surface area contributed by atoms with Crippen LogP contribution in [0.3, 0.4) is 0 Å². The number of alkyl halides is 3. The number of hydrogen-bond donors (Lipinski definition) is 0. The van der Waals surface area contributed by atoms with E-state index in [1.54, 1.807) is 4.90 Å². The summed E-state index contributed by atoms with van der Waals surface area (Å²) in [5, 5.41) is 0.000402. The average Bonchev–Trinajstić information content (AvgIpc) is 2.59. The van der Waals surface area contributed by atoms with Crippen LogP contribution in [-0.2, 0) is 4.79 Å². The Hall–Kier alpha value is -1.19. The van der Waals surface area contributed by atoms with E-state index in [-0.39, 0.29) is 5.03 Å². The number of nitrogens with zero attached hydrogens (tertiary/aromatic N) is 1. The van der Waals surface area contributed by atoms with E-state index in [2.05, 4.69) is 0 Å². The smallest absolute Gasteiger partial charge is 0.222 e. The molecule has 118 valence electrons. The predicted molar refractivity (Wildman–Crippen MR) is 96.3 cm³/mol. The summed E-state index contributed by atoms with van der Waals surface area (Å²) in [7, 11) is 0. The van der Waals surface area contributed by atoms with Crippen molar-refractivity contribution in [2.75, 3.05) is 4.90 Å². The summed E-state index contributed by atoms with van der Waals surface area (Å²) in [6.45, 7) is 0. The van der Waals surface area contributed by atoms with Gasteiger partial charge in [-0.05, 0) is 17.7 Å². The number of anilines is 1. The zero-order valence-corrected chi connectivity index (χ0v) is 14.7. The summed E-state index contributed by atoms with van der Waals surface area (Å²) in [5.41, 5.74) is 1.25.